The molecule has 88 valence electrons. The van der Waals surface area contributed by atoms with Crippen molar-refractivity contribution >= 4 is 23.4 Å². The quantitative estimate of drug-likeness (QED) is 0.892. The maximum absolute atomic E-state index is 13.2. The van der Waals surface area contributed by atoms with Gasteiger partial charge in [-0.2, -0.15) is 11.8 Å². The van der Waals surface area contributed by atoms with Crippen LogP contribution < -0.4 is 5.32 Å². The lowest BCUT2D eigenvalue weighted by atomic mass is 9.92. The molecule has 1 aliphatic rings. The van der Waals surface area contributed by atoms with E-state index in [0.29, 0.717) is 10.9 Å². The summed E-state index contributed by atoms with van der Waals surface area (Å²) < 4.78 is 13.2. The largest absolute Gasteiger partial charge is 0.313 e. The molecule has 0 aromatic heterocycles. The molecule has 1 saturated heterocycles. The number of halogens is 2. The summed E-state index contributed by atoms with van der Waals surface area (Å²) in [4.78, 5) is 0. The minimum absolute atomic E-state index is 0.165. The van der Waals surface area contributed by atoms with Gasteiger partial charge in [0.25, 0.3) is 0 Å². The molecule has 0 aliphatic carbocycles. The fraction of sp³-hybridized carbons (Fsp3) is 0.500. The van der Waals surface area contributed by atoms with Gasteiger partial charge in [0.2, 0.25) is 0 Å². The molecule has 0 spiro atoms. The lowest BCUT2D eigenvalue weighted by Gasteiger charge is -2.23. The van der Waals surface area contributed by atoms with Gasteiger partial charge in [0.1, 0.15) is 5.82 Å². The molecule has 0 saturated carbocycles. The van der Waals surface area contributed by atoms with E-state index in [4.69, 9.17) is 11.6 Å². The summed E-state index contributed by atoms with van der Waals surface area (Å²) in [5.41, 5.74) is 0.886. The van der Waals surface area contributed by atoms with Gasteiger partial charge in [-0.3, -0.25) is 0 Å². The number of nitrogens with one attached hydrogen (secondary N) is 1. The summed E-state index contributed by atoms with van der Waals surface area (Å²) in [7, 11) is 1.91. The van der Waals surface area contributed by atoms with Gasteiger partial charge in [0, 0.05) is 11.1 Å². The highest BCUT2D eigenvalue weighted by molar-refractivity contribution is 7.99. The second kappa shape index (κ2) is 5.39. The van der Waals surface area contributed by atoms with Crippen molar-refractivity contribution in [3.05, 3.63) is 34.6 Å². The van der Waals surface area contributed by atoms with Gasteiger partial charge in [0.15, 0.2) is 0 Å². The highest BCUT2D eigenvalue weighted by atomic mass is 35.5. The van der Waals surface area contributed by atoms with Gasteiger partial charge in [-0.15, -0.1) is 0 Å². The van der Waals surface area contributed by atoms with Crippen LogP contribution in [0.1, 0.15) is 18.0 Å². The predicted octanol–water partition coefficient (Wildman–Crippen LogP) is 3.49. The highest BCUT2D eigenvalue weighted by Crippen LogP contribution is 2.36. The van der Waals surface area contributed by atoms with E-state index in [-0.39, 0.29) is 11.9 Å². The van der Waals surface area contributed by atoms with E-state index in [1.807, 2.05) is 18.8 Å². The average molecular weight is 260 g/mol. The zero-order valence-corrected chi connectivity index (χ0v) is 10.7. The van der Waals surface area contributed by atoms with E-state index in [1.165, 1.54) is 18.2 Å². The number of benzene rings is 1. The number of thioether (sulfide) groups is 1. The van der Waals surface area contributed by atoms with Crippen molar-refractivity contribution in [2.75, 3.05) is 18.6 Å². The van der Waals surface area contributed by atoms with E-state index in [9.17, 15) is 4.39 Å². The number of rotatable bonds is 3. The lowest BCUT2D eigenvalue weighted by Crippen LogP contribution is -2.25. The van der Waals surface area contributed by atoms with Crippen LogP contribution in [0.2, 0.25) is 5.02 Å². The lowest BCUT2D eigenvalue weighted by molar-refractivity contribution is 0.418. The van der Waals surface area contributed by atoms with Crippen molar-refractivity contribution < 1.29 is 4.39 Å². The van der Waals surface area contributed by atoms with Crippen molar-refractivity contribution in [2.24, 2.45) is 5.92 Å². The standard InChI is InChI=1S/C12H15ClFNS/c1-15-12(8-4-5-16-7-8)10-6-9(14)2-3-11(10)13/h2-3,6,8,12,15H,4-5,7H2,1H3. The normalized spacial score (nSPS) is 22.3. The van der Waals surface area contributed by atoms with Gasteiger partial charge in [-0.25, -0.2) is 4.39 Å². The molecule has 1 aliphatic heterocycles. The predicted molar refractivity (Wildman–Crippen MR) is 68.6 cm³/mol. The molecule has 1 heterocycles. The Hall–Kier alpha value is -0.250. The summed E-state index contributed by atoms with van der Waals surface area (Å²) in [5.74, 6) is 2.65. The zero-order chi connectivity index (χ0) is 11.5. The van der Waals surface area contributed by atoms with E-state index in [0.717, 1.165) is 11.3 Å². The summed E-state index contributed by atoms with van der Waals surface area (Å²) >= 11 is 8.09. The minimum atomic E-state index is -0.217. The van der Waals surface area contributed by atoms with Crippen LogP contribution in [-0.2, 0) is 0 Å². The molecular formula is C12H15ClFNS. The topological polar surface area (TPSA) is 12.0 Å². The molecular weight excluding hydrogens is 245 g/mol. The SMILES string of the molecule is CNC(c1cc(F)ccc1Cl)C1CCSC1. The third-order valence-electron chi connectivity index (χ3n) is 3.04. The van der Waals surface area contributed by atoms with Crippen LogP contribution in [0, 0.1) is 11.7 Å². The second-order valence-electron chi connectivity index (χ2n) is 4.06. The van der Waals surface area contributed by atoms with Crippen LogP contribution in [0.15, 0.2) is 18.2 Å². The molecule has 0 radical (unpaired) electrons. The first-order chi connectivity index (χ1) is 7.72. The van der Waals surface area contributed by atoms with Crippen LogP contribution in [0.25, 0.3) is 0 Å². The van der Waals surface area contributed by atoms with Crippen LogP contribution >= 0.6 is 23.4 Å². The molecule has 2 rings (SSSR count). The molecule has 4 heteroatoms. The fourth-order valence-electron chi connectivity index (χ4n) is 2.21. The number of hydrogen-bond acceptors (Lipinski definition) is 2. The van der Waals surface area contributed by atoms with Crippen molar-refractivity contribution in [3.8, 4) is 0 Å². The molecule has 1 aromatic carbocycles. The summed E-state index contributed by atoms with van der Waals surface area (Å²) in [6.45, 7) is 0. The van der Waals surface area contributed by atoms with Gasteiger partial charge in [0.05, 0.1) is 0 Å². The van der Waals surface area contributed by atoms with Crippen molar-refractivity contribution in [1.82, 2.24) is 5.32 Å². The van der Waals surface area contributed by atoms with Gasteiger partial charge in [-0.05, 0) is 54.7 Å². The maximum atomic E-state index is 13.2. The summed E-state index contributed by atoms with van der Waals surface area (Å²) in [5, 5.41) is 3.91. The third-order valence-corrected chi connectivity index (χ3v) is 4.57. The van der Waals surface area contributed by atoms with E-state index >= 15 is 0 Å². The highest BCUT2D eigenvalue weighted by Gasteiger charge is 2.27. The smallest absolute Gasteiger partial charge is 0.123 e. The maximum Gasteiger partial charge on any atom is 0.123 e. The van der Waals surface area contributed by atoms with Crippen molar-refractivity contribution in [3.63, 3.8) is 0 Å². The summed E-state index contributed by atoms with van der Waals surface area (Å²) in [6, 6.07) is 4.76. The zero-order valence-electron chi connectivity index (χ0n) is 9.17. The monoisotopic (exact) mass is 259 g/mol. The van der Waals surface area contributed by atoms with Gasteiger partial charge in [-0.1, -0.05) is 11.6 Å². The molecule has 1 nitrogen and oxygen atoms in total. The Morgan fingerprint density at radius 1 is 1.56 bits per heavy atom. The Kier molecular flexibility index (Phi) is 4.11. The minimum Gasteiger partial charge on any atom is -0.313 e. The molecule has 1 N–H and O–H groups in total. The molecule has 0 bridgehead atoms. The fourth-order valence-corrected chi connectivity index (χ4v) is 3.75. The van der Waals surface area contributed by atoms with Crippen molar-refractivity contribution in [1.29, 1.82) is 0 Å². The molecule has 0 amide bonds. The molecule has 2 unspecified atom stereocenters. The van der Waals surface area contributed by atoms with Gasteiger partial charge < -0.3 is 5.32 Å². The Balaban J connectivity index is 2.28. The van der Waals surface area contributed by atoms with E-state index in [2.05, 4.69) is 5.32 Å². The molecule has 2 atom stereocenters. The molecule has 1 aromatic rings. The Morgan fingerprint density at radius 2 is 2.38 bits per heavy atom. The van der Waals surface area contributed by atoms with Gasteiger partial charge >= 0.3 is 0 Å². The molecule has 1 fully saturated rings. The number of hydrogen-bond donors (Lipinski definition) is 1. The van der Waals surface area contributed by atoms with Crippen LogP contribution in [0.5, 0.6) is 0 Å². The van der Waals surface area contributed by atoms with E-state index < -0.39 is 0 Å². The van der Waals surface area contributed by atoms with Crippen LogP contribution in [0.4, 0.5) is 4.39 Å². The average Bonchev–Trinajstić information content (AvgIpc) is 2.78. The van der Waals surface area contributed by atoms with E-state index in [1.54, 1.807) is 12.1 Å². The van der Waals surface area contributed by atoms with Crippen LogP contribution in [0.3, 0.4) is 0 Å². The Bertz CT molecular complexity index is 366. The molecule has 16 heavy (non-hydrogen) atoms. The van der Waals surface area contributed by atoms with Crippen molar-refractivity contribution in [2.45, 2.75) is 12.5 Å². The summed E-state index contributed by atoms with van der Waals surface area (Å²) in [6.07, 6.45) is 1.17. The van der Waals surface area contributed by atoms with Crippen LogP contribution in [-0.4, -0.2) is 18.6 Å². The first kappa shape index (κ1) is 12.2. The second-order valence-corrected chi connectivity index (χ2v) is 5.61. The Labute approximate surface area is 105 Å². The Morgan fingerprint density at radius 3 is 3.00 bits per heavy atom. The first-order valence-electron chi connectivity index (χ1n) is 5.42. The third kappa shape index (κ3) is 2.53. The first-order valence-corrected chi connectivity index (χ1v) is 6.95.